The van der Waals surface area contributed by atoms with Gasteiger partial charge in [-0.2, -0.15) is 0 Å². The van der Waals surface area contributed by atoms with Crippen molar-refractivity contribution in [2.75, 3.05) is 0 Å². The first-order chi connectivity index (χ1) is 11.1. The van der Waals surface area contributed by atoms with E-state index in [0.29, 0.717) is 5.02 Å². The molecule has 6 heteroatoms. The summed E-state index contributed by atoms with van der Waals surface area (Å²) in [6.07, 6.45) is 1.82. The second-order valence-corrected chi connectivity index (χ2v) is 5.66. The summed E-state index contributed by atoms with van der Waals surface area (Å²) >= 11 is 5.99. The summed E-state index contributed by atoms with van der Waals surface area (Å²) in [5.41, 5.74) is 3.31. The Morgan fingerprint density at radius 3 is 2.78 bits per heavy atom. The van der Waals surface area contributed by atoms with Crippen LogP contribution in [0, 0.1) is 10.1 Å². The maximum Gasteiger partial charge on any atom is 0.270 e. The average Bonchev–Trinajstić information content (AvgIpc) is 2.97. The van der Waals surface area contributed by atoms with Gasteiger partial charge in [-0.05, 0) is 30.3 Å². The molecule has 0 amide bonds. The normalized spacial score (nSPS) is 11.2. The first-order valence-electron chi connectivity index (χ1n) is 6.94. The molecule has 0 saturated carbocycles. The Morgan fingerprint density at radius 2 is 1.96 bits per heavy atom. The van der Waals surface area contributed by atoms with E-state index in [4.69, 9.17) is 11.6 Å². The van der Waals surface area contributed by atoms with E-state index in [2.05, 4.69) is 9.97 Å². The molecule has 23 heavy (non-hydrogen) atoms. The molecule has 0 unspecified atom stereocenters. The van der Waals surface area contributed by atoms with Gasteiger partial charge < -0.3 is 4.98 Å². The Bertz CT molecular complexity index is 1070. The fraction of sp³-hybridized carbons (Fsp3) is 0. The highest BCUT2D eigenvalue weighted by molar-refractivity contribution is 6.31. The number of fused-ring (bicyclic) bond motifs is 2. The molecule has 0 spiro atoms. The predicted octanol–water partition coefficient (Wildman–Crippen LogP) is 4.94. The van der Waals surface area contributed by atoms with Gasteiger partial charge in [0.05, 0.1) is 16.1 Å². The van der Waals surface area contributed by atoms with E-state index in [1.54, 1.807) is 18.2 Å². The Kier molecular flexibility index (Phi) is 3.02. The van der Waals surface area contributed by atoms with Crippen LogP contribution in [0.15, 0.2) is 54.7 Å². The van der Waals surface area contributed by atoms with Gasteiger partial charge >= 0.3 is 0 Å². The van der Waals surface area contributed by atoms with Gasteiger partial charge in [0.2, 0.25) is 0 Å². The molecule has 4 aromatic rings. The number of aromatic nitrogens is 2. The average molecular weight is 324 g/mol. The topological polar surface area (TPSA) is 71.8 Å². The summed E-state index contributed by atoms with van der Waals surface area (Å²) in [5, 5.41) is 13.4. The number of rotatable bonds is 2. The largest absolute Gasteiger partial charge is 0.360 e. The van der Waals surface area contributed by atoms with Crippen LogP contribution in [0.1, 0.15) is 0 Å². The molecule has 0 fully saturated rings. The number of hydrogen-bond acceptors (Lipinski definition) is 3. The highest BCUT2D eigenvalue weighted by Gasteiger charge is 2.13. The monoisotopic (exact) mass is 323 g/mol. The van der Waals surface area contributed by atoms with Gasteiger partial charge in [-0.15, -0.1) is 0 Å². The number of aromatic amines is 1. The lowest BCUT2D eigenvalue weighted by Gasteiger charge is -2.03. The smallest absolute Gasteiger partial charge is 0.270 e. The van der Waals surface area contributed by atoms with Gasteiger partial charge in [-0.25, -0.2) is 4.98 Å². The van der Waals surface area contributed by atoms with Crippen LogP contribution in [0.5, 0.6) is 0 Å². The fourth-order valence-corrected chi connectivity index (χ4v) is 2.86. The quantitative estimate of drug-likeness (QED) is 0.419. The molecular weight excluding hydrogens is 314 g/mol. The van der Waals surface area contributed by atoms with Crippen LogP contribution in [-0.4, -0.2) is 14.9 Å². The first kappa shape index (κ1) is 13.7. The van der Waals surface area contributed by atoms with Crippen molar-refractivity contribution < 1.29 is 4.92 Å². The number of nitrogens with zero attached hydrogens (tertiary/aromatic N) is 2. The summed E-state index contributed by atoms with van der Waals surface area (Å²) in [6.45, 7) is 0. The van der Waals surface area contributed by atoms with E-state index >= 15 is 0 Å². The van der Waals surface area contributed by atoms with E-state index in [9.17, 15) is 10.1 Å². The molecule has 0 aliphatic carbocycles. The van der Waals surface area contributed by atoms with Crippen molar-refractivity contribution in [1.29, 1.82) is 0 Å². The van der Waals surface area contributed by atoms with Crippen molar-refractivity contribution >= 4 is 39.1 Å². The fourth-order valence-electron chi connectivity index (χ4n) is 2.68. The third-order valence-electron chi connectivity index (χ3n) is 3.80. The minimum Gasteiger partial charge on any atom is -0.360 e. The minimum absolute atomic E-state index is 0.0610. The predicted molar refractivity (Wildman–Crippen MR) is 90.7 cm³/mol. The lowest BCUT2D eigenvalue weighted by molar-refractivity contribution is -0.384. The van der Waals surface area contributed by atoms with E-state index in [-0.39, 0.29) is 5.69 Å². The van der Waals surface area contributed by atoms with E-state index in [1.165, 1.54) is 6.07 Å². The lowest BCUT2D eigenvalue weighted by atomic mass is 10.1. The maximum atomic E-state index is 11.0. The Labute approximate surface area is 135 Å². The Morgan fingerprint density at radius 1 is 1.09 bits per heavy atom. The number of pyridine rings is 1. The van der Waals surface area contributed by atoms with Crippen LogP contribution in [0.3, 0.4) is 0 Å². The second kappa shape index (κ2) is 5.07. The zero-order chi connectivity index (χ0) is 16.0. The van der Waals surface area contributed by atoms with E-state index < -0.39 is 4.92 Å². The highest BCUT2D eigenvalue weighted by Crippen LogP contribution is 2.31. The van der Waals surface area contributed by atoms with Crippen LogP contribution < -0.4 is 0 Å². The summed E-state index contributed by atoms with van der Waals surface area (Å²) in [5.74, 6) is 0. The van der Waals surface area contributed by atoms with Gasteiger partial charge in [-0.1, -0.05) is 17.7 Å². The first-order valence-corrected chi connectivity index (χ1v) is 7.32. The van der Waals surface area contributed by atoms with Crippen LogP contribution in [-0.2, 0) is 0 Å². The molecule has 2 aromatic carbocycles. The number of hydrogen-bond donors (Lipinski definition) is 1. The van der Waals surface area contributed by atoms with Crippen molar-refractivity contribution in [3.8, 4) is 11.3 Å². The zero-order valence-electron chi connectivity index (χ0n) is 11.8. The van der Waals surface area contributed by atoms with Crippen molar-refractivity contribution in [3.05, 3.63) is 69.9 Å². The summed E-state index contributed by atoms with van der Waals surface area (Å²) in [7, 11) is 0. The molecule has 0 bridgehead atoms. The Hall–Kier alpha value is -2.92. The number of halogens is 1. The number of nitro groups is 1. The molecule has 5 nitrogen and oxygen atoms in total. The number of non-ortho nitro benzene ring substituents is 1. The summed E-state index contributed by atoms with van der Waals surface area (Å²) in [4.78, 5) is 18.4. The van der Waals surface area contributed by atoms with Crippen molar-refractivity contribution in [3.63, 3.8) is 0 Å². The van der Waals surface area contributed by atoms with E-state index in [0.717, 1.165) is 33.1 Å². The molecule has 0 saturated heterocycles. The van der Waals surface area contributed by atoms with Crippen LogP contribution in [0.25, 0.3) is 33.1 Å². The van der Waals surface area contributed by atoms with Gasteiger partial charge in [0.25, 0.3) is 5.69 Å². The number of H-pyrrole nitrogens is 1. The molecule has 1 N–H and O–H groups in total. The zero-order valence-corrected chi connectivity index (χ0v) is 12.5. The summed E-state index contributed by atoms with van der Waals surface area (Å²) < 4.78 is 0. The molecule has 112 valence electrons. The third kappa shape index (κ3) is 2.31. The molecule has 0 atom stereocenters. The second-order valence-electron chi connectivity index (χ2n) is 5.22. The van der Waals surface area contributed by atoms with Crippen molar-refractivity contribution in [1.82, 2.24) is 9.97 Å². The molecule has 0 radical (unpaired) electrons. The Balaban J connectivity index is 1.92. The van der Waals surface area contributed by atoms with Crippen LogP contribution in [0.4, 0.5) is 5.69 Å². The maximum absolute atomic E-state index is 11.0. The third-order valence-corrected chi connectivity index (χ3v) is 4.04. The van der Waals surface area contributed by atoms with E-state index in [1.807, 2.05) is 30.5 Å². The minimum atomic E-state index is -0.397. The number of benzene rings is 2. The SMILES string of the molecule is O=[N+]([O-])c1ccc2[nH]cc(-c3ccc4cc(Cl)ccc4n3)c2c1. The highest BCUT2D eigenvalue weighted by atomic mass is 35.5. The molecular formula is C17H10ClN3O2. The molecule has 0 aliphatic heterocycles. The van der Waals surface area contributed by atoms with Gasteiger partial charge in [0, 0.05) is 45.2 Å². The molecule has 2 aromatic heterocycles. The number of nitrogens with one attached hydrogen (secondary N) is 1. The van der Waals surface area contributed by atoms with Crippen LogP contribution >= 0.6 is 11.6 Å². The summed E-state index contributed by atoms with van der Waals surface area (Å²) in [6, 6.07) is 14.1. The van der Waals surface area contributed by atoms with Crippen LogP contribution in [0.2, 0.25) is 5.02 Å². The van der Waals surface area contributed by atoms with Crippen molar-refractivity contribution in [2.24, 2.45) is 0 Å². The lowest BCUT2D eigenvalue weighted by Crippen LogP contribution is -1.88. The standard InChI is InChI=1S/C17H10ClN3O2/c18-11-2-5-15-10(7-11)1-4-17(20-15)14-9-19-16-6-3-12(21(22)23)8-13(14)16/h1-9,19H. The van der Waals surface area contributed by atoms with Gasteiger partial charge in [0.1, 0.15) is 0 Å². The number of nitro benzene ring substituents is 1. The van der Waals surface area contributed by atoms with Crippen molar-refractivity contribution in [2.45, 2.75) is 0 Å². The molecule has 4 rings (SSSR count). The van der Waals surface area contributed by atoms with Gasteiger partial charge in [-0.3, -0.25) is 10.1 Å². The van der Waals surface area contributed by atoms with Gasteiger partial charge in [0.15, 0.2) is 0 Å². The molecule has 2 heterocycles. The molecule has 0 aliphatic rings.